The van der Waals surface area contributed by atoms with Gasteiger partial charge in [0, 0.05) is 6.92 Å². The lowest BCUT2D eigenvalue weighted by Gasteiger charge is -2.22. The second-order valence-electron chi connectivity index (χ2n) is 4.28. The van der Waals surface area contributed by atoms with E-state index in [0.717, 1.165) is 0 Å². The molecule has 0 spiro atoms. The van der Waals surface area contributed by atoms with E-state index in [-0.39, 0.29) is 0 Å². The first-order valence-electron chi connectivity index (χ1n) is 5.06. The maximum absolute atomic E-state index is 10.9. The van der Waals surface area contributed by atoms with Crippen molar-refractivity contribution < 1.29 is 28.5 Å². The topological polar surface area (TPSA) is 71.1 Å². The molecule has 6 heteroatoms. The average molecular weight is 230 g/mol. The molecule has 0 bridgehead atoms. The van der Waals surface area contributed by atoms with Crippen molar-refractivity contribution in [2.45, 2.75) is 51.2 Å². The fourth-order valence-corrected chi connectivity index (χ4v) is 1.94. The predicted octanol–water partition coefficient (Wildman–Crippen LogP) is -0.00660. The van der Waals surface area contributed by atoms with Crippen LogP contribution in [0.25, 0.3) is 0 Å². The van der Waals surface area contributed by atoms with E-state index in [1.165, 1.54) is 6.92 Å². The second-order valence-corrected chi connectivity index (χ2v) is 4.28. The molecule has 4 atom stereocenters. The molecule has 0 radical (unpaired) electrons. The molecule has 2 aliphatic rings. The summed E-state index contributed by atoms with van der Waals surface area (Å²) in [5.74, 6) is -1.27. The van der Waals surface area contributed by atoms with Crippen LogP contribution in [-0.2, 0) is 28.5 Å². The molecule has 0 amide bonds. The molecule has 0 unspecified atom stereocenters. The molecule has 0 aromatic carbocycles. The van der Waals surface area contributed by atoms with Crippen LogP contribution in [0.4, 0.5) is 0 Å². The molecule has 6 nitrogen and oxygen atoms in total. The van der Waals surface area contributed by atoms with Crippen molar-refractivity contribution >= 4 is 12.3 Å². The summed E-state index contributed by atoms with van der Waals surface area (Å²) in [4.78, 5) is 21.7. The van der Waals surface area contributed by atoms with Gasteiger partial charge in [-0.05, 0) is 13.8 Å². The third-order valence-corrected chi connectivity index (χ3v) is 2.46. The van der Waals surface area contributed by atoms with Gasteiger partial charge < -0.3 is 23.7 Å². The van der Waals surface area contributed by atoms with Crippen LogP contribution in [0.3, 0.4) is 0 Å². The van der Waals surface area contributed by atoms with E-state index in [0.29, 0.717) is 6.29 Å². The van der Waals surface area contributed by atoms with Crippen LogP contribution >= 0.6 is 0 Å². The molecule has 2 heterocycles. The lowest BCUT2D eigenvalue weighted by molar-refractivity contribution is -0.215. The van der Waals surface area contributed by atoms with Gasteiger partial charge in [0.1, 0.15) is 0 Å². The van der Waals surface area contributed by atoms with Gasteiger partial charge in [-0.15, -0.1) is 0 Å². The Balaban J connectivity index is 2.13. The Bertz CT molecular complexity index is 312. The van der Waals surface area contributed by atoms with Gasteiger partial charge in [0.15, 0.2) is 36.7 Å². The number of rotatable bonds is 2. The normalized spacial score (nSPS) is 40.4. The number of ether oxygens (including phenoxy) is 4. The molecule has 2 saturated heterocycles. The van der Waals surface area contributed by atoms with Crippen molar-refractivity contribution in [2.75, 3.05) is 0 Å². The Labute approximate surface area is 92.8 Å². The minimum Gasteiger partial charge on any atom is -0.456 e. The summed E-state index contributed by atoms with van der Waals surface area (Å²) in [5, 5.41) is 0. The van der Waals surface area contributed by atoms with E-state index in [1.807, 2.05) is 0 Å². The summed E-state index contributed by atoms with van der Waals surface area (Å²) in [6, 6.07) is 0. The van der Waals surface area contributed by atoms with Crippen LogP contribution in [-0.4, -0.2) is 42.6 Å². The van der Waals surface area contributed by atoms with Gasteiger partial charge in [0.05, 0.1) is 0 Å². The Kier molecular flexibility index (Phi) is 2.73. The number of aldehydes is 1. The Morgan fingerprint density at radius 3 is 2.62 bits per heavy atom. The van der Waals surface area contributed by atoms with E-state index < -0.39 is 36.4 Å². The molecular weight excluding hydrogens is 216 g/mol. The van der Waals surface area contributed by atoms with Crippen LogP contribution in [0.5, 0.6) is 0 Å². The highest BCUT2D eigenvalue weighted by Crippen LogP contribution is 2.38. The zero-order valence-electron chi connectivity index (χ0n) is 9.34. The van der Waals surface area contributed by atoms with Crippen molar-refractivity contribution in [1.82, 2.24) is 0 Å². The molecule has 16 heavy (non-hydrogen) atoms. The minimum atomic E-state index is -0.824. The zero-order chi connectivity index (χ0) is 11.9. The van der Waals surface area contributed by atoms with Crippen molar-refractivity contribution in [3.63, 3.8) is 0 Å². The highest BCUT2D eigenvalue weighted by atomic mass is 16.8. The number of hydrogen-bond acceptors (Lipinski definition) is 6. The van der Waals surface area contributed by atoms with Crippen molar-refractivity contribution in [2.24, 2.45) is 0 Å². The van der Waals surface area contributed by atoms with Crippen LogP contribution < -0.4 is 0 Å². The molecule has 2 fully saturated rings. The molecule has 0 aromatic heterocycles. The monoisotopic (exact) mass is 230 g/mol. The fraction of sp³-hybridized carbons (Fsp3) is 0.800. The summed E-state index contributed by atoms with van der Waals surface area (Å²) in [6.07, 6.45) is -2.17. The predicted molar refractivity (Wildman–Crippen MR) is 50.3 cm³/mol. The Hall–Kier alpha value is -0.980. The largest absolute Gasteiger partial charge is 0.456 e. The fourth-order valence-electron chi connectivity index (χ4n) is 1.94. The third-order valence-electron chi connectivity index (χ3n) is 2.46. The molecule has 0 aromatic rings. The second kappa shape index (κ2) is 3.80. The van der Waals surface area contributed by atoms with E-state index in [9.17, 15) is 9.59 Å². The molecule has 0 aliphatic carbocycles. The van der Waals surface area contributed by atoms with Crippen LogP contribution in [0, 0.1) is 0 Å². The molecule has 2 rings (SSSR count). The van der Waals surface area contributed by atoms with Crippen molar-refractivity contribution in [1.29, 1.82) is 0 Å². The summed E-state index contributed by atoms with van der Waals surface area (Å²) < 4.78 is 21.3. The van der Waals surface area contributed by atoms with Crippen molar-refractivity contribution in [3.8, 4) is 0 Å². The van der Waals surface area contributed by atoms with Gasteiger partial charge in [-0.25, -0.2) is 0 Å². The Morgan fingerprint density at radius 1 is 1.38 bits per heavy atom. The lowest BCUT2D eigenvalue weighted by atomic mass is 10.1. The van der Waals surface area contributed by atoms with E-state index >= 15 is 0 Å². The highest BCUT2D eigenvalue weighted by molar-refractivity contribution is 5.67. The van der Waals surface area contributed by atoms with Crippen molar-refractivity contribution in [3.05, 3.63) is 0 Å². The molecule has 90 valence electrons. The highest BCUT2D eigenvalue weighted by Gasteiger charge is 2.56. The van der Waals surface area contributed by atoms with Crippen LogP contribution in [0.2, 0.25) is 0 Å². The van der Waals surface area contributed by atoms with E-state index in [1.54, 1.807) is 13.8 Å². The maximum Gasteiger partial charge on any atom is 0.303 e. The first-order chi connectivity index (χ1) is 7.43. The minimum absolute atomic E-state index is 0.477. The van der Waals surface area contributed by atoms with Crippen LogP contribution in [0.15, 0.2) is 0 Å². The quantitative estimate of drug-likeness (QED) is 0.491. The van der Waals surface area contributed by atoms with Gasteiger partial charge in [-0.2, -0.15) is 0 Å². The van der Waals surface area contributed by atoms with Gasteiger partial charge in [-0.1, -0.05) is 0 Å². The number of esters is 1. The Morgan fingerprint density at radius 2 is 2.06 bits per heavy atom. The number of carbonyl (C=O) groups excluding carboxylic acids is 2. The maximum atomic E-state index is 10.9. The smallest absolute Gasteiger partial charge is 0.303 e. The average Bonchev–Trinajstić information content (AvgIpc) is 2.59. The SMILES string of the molecule is CC(=O)O[C@H]1[C@H]2OC(C)(C)O[C@H]2O[C@@H]1C=O. The van der Waals surface area contributed by atoms with Gasteiger partial charge >= 0.3 is 5.97 Å². The summed E-state index contributed by atoms with van der Waals surface area (Å²) in [7, 11) is 0. The number of fused-ring (bicyclic) bond motifs is 1. The summed E-state index contributed by atoms with van der Waals surface area (Å²) in [6.45, 7) is 4.74. The van der Waals surface area contributed by atoms with Gasteiger partial charge in [0.2, 0.25) is 0 Å². The zero-order valence-corrected chi connectivity index (χ0v) is 9.34. The van der Waals surface area contributed by atoms with Gasteiger partial charge in [-0.3, -0.25) is 4.79 Å². The summed E-state index contributed by atoms with van der Waals surface area (Å²) >= 11 is 0. The molecule has 0 saturated carbocycles. The van der Waals surface area contributed by atoms with E-state index in [2.05, 4.69) is 0 Å². The first kappa shape index (κ1) is 11.5. The summed E-state index contributed by atoms with van der Waals surface area (Å²) in [5.41, 5.74) is 0. The molecule has 2 aliphatic heterocycles. The van der Waals surface area contributed by atoms with Crippen LogP contribution in [0.1, 0.15) is 20.8 Å². The number of carbonyl (C=O) groups is 2. The number of hydrogen-bond donors (Lipinski definition) is 0. The standard InChI is InChI=1S/C10H14O6/c1-5(12)13-7-6(4-11)14-9-8(7)15-10(2,3)16-9/h4,6-9H,1-3H3/t6-,7-,8-,9-/m1/s1. The third kappa shape index (κ3) is 1.95. The van der Waals surface area contributed by atoms with E-state index in [4.69, 9.17) is 18.9 Å². The van der Waals surface area contributed by atoms with Gasteiger partial charge in [0.25, 0.3) is 0 Å². The molecule has 0 N–H and O–H groups in total. The molecular formula is C10H14O6. The lowest BCUT2D eigenvalue weighted by Crippen LogP contribution is -2.38. The first-order valence-corrected chi connectivity index (χ1v) is 5.06.